The van der Waals surface area contributed by atoms with Gasteiger partial charge in [-0.3, -0.25) is 0 Å². The van der Waals surface area contributed by atoms with Crippen LogP contribution in [-0.2, 0) is 12.6 Å². The van der Waals surface area contributed by atoms with Crippen molar-refractivity contribution in [3.63, 3.8) is 0 Å². The van der Waals surface area contributed by atoms with Crippen molar-refractivity contribution < 1.29 is 0 Å². The highest BCUT2D eigenvalue weighted by Crippen LogP contribution is 2.33. The molecule has 0 saturated carbocycles. The zero-order chi connectivity index (χ0) is 6.69. The van der Waals surface area contributed by atoms with E-state index in [4.69, 9.17) is 0 Å². The average molecular weight is 181 g/mol. The van der Waals surface area contributed by atoms with Gasteiger partial charge in [0.25, 0.3) is 0 Å². The van der Waals surface area contributed by atoms with Crippen molar-refractivity contribution in [3.05, 3.63) is 0 Å². The molecule has 54 valence electrons. The standard InChI is InChI=1S/C6H12S3/c7-3-5-1-2-6(4-8)9-5/h5-8H,1-4H2/p+1. The molecule has 3 heteroatoms. The van der Waals surface area contributed by atoms with Crippen LogP contribution < -0.4 is 0 Å². The van der Waals surface area contributed by atoms with E-state index < -0.39 is 0 Å². The van der Waals surface area contributed by atoms with E-state index in [9.17, 15) is 0 Å². The molecule has 9 heavy (non-hydrogen) atoms. The van der Waals surface area contributed by atoms with Crippen LogP contribution in [0.25, 0.3) is 0 Å². The first-order valence-corrected chi connectivity index (χ1v) is 5.56. The molecule has 0 spiro atoms. The third-order valence-electron chi connectivity index (χ3n) is 1.63. The molecule has 0 aromatic rings. The van der Waals surface area contributed by atoms with Gasteiger partial charge < -0.3 is 0 Å². The van der Waals surface area contributed by atoms with Gasteiger partial charge in [-0.25, -0.2) is 0 Å². The molecule has 1 saturated heterocycles. The van der Waals surface area contributed by atoms with E-state index in [0.29, 0.717) is 0 Å². The minimum atomic E-state index is 0.828. The zero-order valence-electron chi connectivity index (χ0n) is 5.34. The van der Waals surface area contributed by atoms with Crippen molar-refractivity contribution >= 4 is 37.0 Å². The number of rotatable bonds is 2. The summed E-state index contributed by atoms with van der Waals surface area (Å²) in [4.78, 5) is 0. The monoisotopic (exact) mass is 181 g/mol. The summed E-state index contributed by atoms with van der Waals surface area (Å²) in [5, 5.41) is 1.69. The number of thiol groups is 1. The van der Waals surface area contributed by atoms with Gasteiger partial charge in [0.1, 0.15) is 5.75 Å². The molecule has 0 aliphatic carbocycles. The summed E-state index contributed by atoms with van der Waals surface area (Å²) < 4.78 is 0. The van der Waals surface area contributed by atoms with Crippen LogP contribution in [-0.4, -0.2) is 22.0 Å². The summed E-state index contributed by atoms with van der Waals surface area (Å²) in [5.74, 6) is 2.20. The van der Waals surface area contributed by atoms with Crippen LogP contribution in [0.5, 0.6) is 0 Å². The van der Waals surface area contributed by atoms with Gasteiger partial charge in [-0.05, 0) is 25.5 Å². The quantitative estimate of drug-likeness (QED) is 0.493. The fourth-order valence-electron chi connectivity index (χ4n) is 1.06. The van der Waals surface area contributed by atoms with E-state index >= 15 is 0 Å². The van der Waals surface area contributed by atoms with Gasteiger partial charge in [0.05, 0.1) is 0 Å². The topological polar surface area (TPSA) is 0 Å². The summed E-state index contributed by atoms with van der Waals surface area (Å²) in [6.07, 6.45) is 2.74. The number of thioether (sulfide) groups is 1. The maximum absolute atomic E-state index is 4.26. The largest absolute Gasteiger partial charge is 0.178 e. The Morgan fingerprint density at radius 1 is 1.44 bits per heavy atom. The Balaban J connectivity index is 2.20. The Kier molecular flexibility index (Phi) is 3.66. The van der Waals surface area contributed by atoms with Crippen LogP contribution in [0.3, 0.4) is 0 Å². The van der Waals surface area contributed by atoms with E-state index in [2.05, 4.69) is 37.0 Å². The molecule has 0 aromatic heterocycles. The Hall–Kier alpha value is 1.05. The number of hydrogen-bond acceptors (Lipinski definition) is 2. The lowest BCUT2D eigenvalue weighted by atomic mass is 10.2. The lowest BCUT2D eigenvalue weighted by molar-refractivity contribution is 0.787. The van der Waals surface area contributed by atoms with E-state index in [1.54, 1.807) is 0 Å². The summed E-state index contributed by atoms with van der Waals surface area (Å²) >= 11 is 9.88. The Labute approximate surface area is 72.0 Å². The molecule has 0 aromatic carbocycles. The van der Waals surface area contributed by atoms with Gasteiger partial charge in [0.15, 0.2) is 0 Å². The van der Waals surface area contributed by atoms with Crippen molar-refractivity contribution in [2.24, 2.45) is 0 Å². The summed E-state index contributed by atoms with van der Waals surface area (Å²) in [7, 11) is 0. The molecule has 0 amide bonds. The normalized spacial score (nSPS) is 35.3. The van der Waals surface area contributed by atoms with Crippen molar-refractivity contribution in [1.82, 2.24) is 0 Å². The fraction of sp³-hybridized carbons (Fsp3) is 1.00. The number of hydrogen-bond donors (Lipinski definition) is 1. The predicted octanol–water partition coefficient (Wildman–Crippen LogP) is 1.19. The molecule has 0 nitrogen and oxygen atoms in total. The summed E-state index contributed by atoms with van der Waals surface area (Å²) in [6.45, 7) is 0. The SMILES string of the molecule is SCC1CCC(C[SH2+])S1. The second kappa shape index (κ2) is 4.04. The molecule has 2 atom stereocenters. The fourth-order valence-corrected chi connectivity index (χ4v) is 3.27. The highest BCUT2D eigenvalue weighted by Gasteiger charge is 2.24. The van der Waals surface area contributed by atoms with E-state index in [1.807, 2.05) is 0 Å². The van der Waals surface area contributed by atoms with E-state index in [1.165, 1.54) is 12.8 Å². The maximum atomic E-state index is 4.26. The summed E-state index contributed by atoms with van der Waals surface area (Å²) in [6, 6.07) is 0. The minimum absolute atomic E-state index is 0.828. The minimum Gasteiger partial charge on any atom is -0.178 e. The van der Waals surface area contributed by atoms with Gasteiger partial charge in [-0.15, -0.1) is 11.8 Å². The molecular weight excluding hydrogens is 168 g/mol. The van der Waals surface area contributed by atoms with E-state index in [-0.39, 0.29) is 0 Å². The van der Waals surface area contributed by atoms with Crippen LogP contribution in [0, 0.1) is 0 Å². The molecule has 2 unspecified atom stereocenters. The van der Waals surface area contributed by atoms with Crippen molar-refractivity contribution in [3.8, 4) is 0 Å². The Bertz CT molecular complexity index is 74.4. The van der Waals surface area contributed by atoms with Crippen LogP contribution in [0.4, 0.5) is 0 Å². The van der Waals surface area contributed by atoms with Crippen molar-refractivity contribution in [2.75, 3.05) is 11.5 Å². The van der Waals surface area contributed by atoms with Crippen LogP contribution in [0.1, 0.15) is 12.8 Å². The third kappa shape index (κ3) is 2.28. The second-order valence-electron chi connectivity index (χ2n) is 2.34. The Morgan fingerprint density at radius 2 is 2.11 bits per heavy atom. The Morgan fingerprint density at radius 3 is 2.44 bits per heavy atom. The van der Waals surface area contributed by atoms with E-state index in [0.717, 1.165) is 22.0 Å². The van der Waals surface area contributed by atoms with Gasteiger partial charge in [-0.1, -0.05) is 0 Å². The van der Waals surface area contributed by atoms with Crippen LogP contribution in [0.15, 0.2) is 0 Å². The highest BCUT2D eigenvalue weighted by atomic mass is 32.2. The van der Waals surface area contributed by atoms with Gasteiger partial charge in [0.2, 0.25) is 0 Å². The lowest BCUT2D eigenvalue weighted by Gasteiger charge is -2.02. The first-order chi connectivity index (χ1) is 4.36. The molecule has 1 aliphatic heterocycles. The predicted molar refractivity (Wildman–Crippen MR) is 53.3 cm³/mol. The van der Waals surface area contributed by atoms with Gasteiger partial charge in [0, 0.05) is 16.3 Å². The molecule has 0 radical (unpaired) electrons. The summed E-state index contributed by atoms with van der Waals surface area (Å²) in [5.41, 5.74) is 0. The smallest absolute Gasteiger partial charge is 0.115 e. The first kappa shape index (κ1) is 8.15. The maximum Gasteiger partial charge on any atom is 0.115 e. The van der Waals surface area contributed by atoms with Crippen LogP contribution in [0.2, 0.25) is 0 Å². The highest BCUT2D eigenvalue weighted by molar-refractivity contribution is 8.01. The van der Waals surface area contributed by atoms with Crippen LogP contribution >= 0.6 is 24.4 Å². The average Bonchev–Trinajstić information content (AvgIpc) is 2.34. The molecule has 0 bridgehead atoms. The molecule has 1 fully saturated rings. The molecule has 1 heterocycles. The molecule has 1 rings (SSSR count). The van der Waals surface area contributed by atoms with Gasteiger partial charge in [-0.2, -0.15) is 12.6 Å². The second-order valence-corrected chi connectivity index (χ2v) is 4.72. The van der Waals surface area contributed by atoms with Gasteiger partial charge >= 0.3 is 0 Å². The molecule has 1 aliphatic rings. The lowest BCUT2D eigenvalue weighted by Crippen LogP contribution is -2.01. The van der Waals surface area contributed by atoms with Crippen molar-refractivity contribution in [2.45, 2.75) is 23.3 Å². The first-order valence-electron chi connectivity index (χ1n) is 3.27. The zero-order valence-corrected chi connectivity index (χ0v) is 8.05. The third-order valence-corrected chi connectivity index (χ3v) is 4.68. The van der Waals surface area contributed by atoms with Crippen molar-refractivity contribution in [1.29, 1.82) is 0 Å². The molecular formula is C6H13S3+. The molecule has 0 N–H and O–H groups in total.